The molecule has 0 unspecified atom stereocenters. The normalized spacial score (nSPS) is 10.6. The number of carbonyl (C=O) groups is 1. The van der Waals surface area contributed by atoms with Crippen molar-refractivity contribution in [2.45, 2.75) is 13.5 Å². The van der Waals surface area contributed by atoms with E-state index in [0.29, 0.717) is 23.0 Å². The van der Waals surface area contributed by atoms with Crippen molar-refractivity contribution in [3.8, 4) is 17.3 Å². The molecule has 1 aromatic carbocycles. The zero-order chi connectivity index (χ0) is 16.9. The van der Waals surface area contributed by atoms with Crippen molar-refractivity contribution in [1.29, 1.82) is 0 Å². The van der Waals surface area contributed by atoms with Crippen molar-refractivity contribution < 1.29 is 23.2 Å². The van der Waals surface area contributed by atoms with Gasteiger partial charge in [-0.15, -0.1) is 0 Å². The third kappa shape index (κ3) is 4.05. The fraction of sp³-hybridized carbons (Fsp3) is 0.176. The molecule has 0 saturated heterocycles. The van der Waals surface area contributed by atoms with Gasteiger partial charge in [-0.2, -0.15) is 0 Å². The molecule has 3 rings (SSSR count). The topological polar surface area (TPSA) is 74.7 Å². The van der Waals surface area contributed by atoms with Gasteiger partial charge in [0, 0.05) is 6.07 Å². The molecule has 0 atom stereocenters. The zero-order valence-corrected chi connectivity index (χ0v) is 14.4. The summed E-state index contributed by atoms with van der Waals surface area (Å²) >= 11 is 3.39. The lowest BCUT2D eigenvalue weighted by Gasteiger charge is -2.08. The van der Waals surface area contributed by atoms with Crippen molar-refractivity contribution in [3.05, 3.63) is 58.4 Å². The lowest BCUT2D eigenvalue weighted by Crippen LogP contribution is -2.15. The number of hydrogen-bond donors (Lipinski definition) is 0. The minimum absolute atomic E-state index is 0.00146. The molecule has 24 heavy (non-hydrogen) atoms. The van der Waals surface area contributed by atoms with Gasteiger partial charge in [0.1, 0.15) is 18.1 Å². The van der Waals surface area contributed by atoms with Crippen LogP contribution in [0.15, 0.2) is 56.1 Å². The standard InChI is InChI=1S/C17H14BrNO5/c1-11-4-5-14(13(18)7-11)22-10-17(20)23-9-12-8-16(24-19-12)15-3-2-6-21-15/h2-8H,9-10H2,1H3. The van der Waals surface area contributed by atoms with Crippen molar-refractivity contribution in [3.63, 3.8) is 0 Å². The highest BCUT2D eigenvalue weighted by Crippen LogP contribution is 2.25. The summed E-state index contributed by atoms with van der Waals surface area (Å²) in [5, 5.41) is 3.83. The van der Waals surface area contributed by atoms with Crippen LogP contribution in [0.3, 0.4) is 0 Å². The Hall–Kier alpha value is -2.54. The van der Waals surface area contributed by atoms with Crippen LogP contribution in [0.2, 0.25) is 0 Å². The first-order valence-corrected chi connectivity index (χ1v) is 7.95. The van der Waals surface area contributed by atoms with Gasteiger partial charge < -0.3 is 18.4 Å². The summed E-state index contributed by atoms with van der Waals surface area (Å²) in [6, 6.07) is 10.8. The van der Waals surface area contributed by atoms with Crippen molar-refractivity contribution >= 4 is 21.9 Å². The Kier molecular flexibility index (Phi) is 5.00. The summed E-state index contributed by atoms with van der Waals surface area (Å²) in [6.45, 7) is 1.78. The van der Waals surface area contributed by atoms with Crippen LogP contribution in [-0.2, 0) is 16.1 Å². The van der Waals surface area contributed by atoms with E-state index in [9.17, 15) is 4.79 Å². The summed E-state index contributed by atoms with van der Waals surface area (Å²) in [5.41, 5.74) is 1.58. The summed E-state index contributed by atoms with van der Waals surface area (Å²) in [7, 11) is 0. The number of ether oxygens (including phenoxy) is 2. The average molecular weight is 392 g/mol. The lowest BCUT2D eigenvalue weighted by molar-refractivity contribution is -0.147. The number of carbonyl (C=O) groups excluding carboxylic acids is 1. The van der Waals surface area contributed by atoms with Crippen LogP contribution in [0.5, 0.6) is 5.75 Å². The molecule has 0 spiro atoms. The van der Waals surface area contributed by atoms with E-state index in [2.05, 4.69) is 21.1 Å². The van der Waals surface area contributed by atoms with Crippen LogP contribution in [0.25, 0.3) is 11.5 Å². The van der Waals surface area contributed by atoms with E-state index >= 15 is 0 Å². The largest absolute Gasteiger partial charge is 0.481 e. The number of rotatable bonds is 6. The number of benzene rings is 1. The van der Waals surface area contributed by atoms with Gasteiger partial charge >= 0.3 is 5.97 Å². The van der Waals surface area contributed by atoms with Gasteiger partial charge in [-0.05, 0) is 52.7 Å². The van der Waals surface area contributed by atoms with E-state index in [1.165, 1.54) is 6.26 Å². The molecule has 0 saturated carbocycles. The van der Waals surface area contributed by atoms with Gasteiger partial charge in [0.2, 0.25) is 5.76 Å². The monoisotopic (exact) mass is 391 g/mol. The summed E-state index contributed by atoms with van der Waals surface area (Å²) in [4.78, 5) is 11.8. The molecule has 2 heterocycles. The van der Waals surface area contributed by atoms with Crippen LogP contribution < -0.4 is 4.74 Å². The number of hydrogen-bond acceptors (Lipinski definition) is 6. The minimum atomic E-state index is -0.495. The van der Waals surface area contributed by atoms with Crippen LogP contribution >= 0.6 is 15.9 Å². The Balaban J connectivity index is 1.49. The van der Waals surface area contributed by atoms with Gasteiger partial charge in [0.25, 0.3) is 0 Å². The van der Waals surface area contributed by atoms with Crippen LogP contribution in [0, 0.1) is 6.92 Å². The van der Waals surface area contributed by atoms with E-state index in [1.807, 2.05) is 19.1 Å². The molecule has 0 aliphatic rings. The van der Waals surface area contributed by atoms with Crippen molar-refractivity contribution in [2.24, 2.45) is 0 Å². The molecule has 6 nitrogen and oxygen atoms in total. The summed E-state index contributed by atoms with van der Waals surface area (Å²) in [6.07, 6.45) is 1.54. The van der Waals surface area contributed by atoms with E-state index in [-0.39, 0.29) is 13.2 Å². The number of halogens is 1. The van der Waals surface area contributed by atoms with Gasteiger partial charge in [-0.25, -0.2) is 4.79 Å². The number of furan rings is 1. The van der Waals surface area contributed by atoms with Gasteiger partial charge in [-0.3, -0.25) is 0 Å². The molecular weight excluding hydrogens is 378 g/mol. The Bertz CT molecular complexity index is 825. The fourth-order valence-corrected chi connectivity index (χ4v) is 2.58. The van der Waals surface area contributed by atoms with E-state index in [1.54, 1.807) is 24.3 Å². The van der Waals surface area contributed by atoms with Gasteiger partial charge in [0.15, 0.2) is 12.4 Å². The minimum Gasteiger partial charge on any atom is -0.481 e. The molecule has 2 aromatic heterocycles. The van der Waals surface area contributed by atoms with E-state index in [0.717, 1.165) is 10.0 Å². The molecule has 124 valence electrons. The Morgan fingerprint density at radius 2 is 2.12 bits per heavy atom. The number of nitrogens with zero attached hydrogens (tertiary/aromatic N) is 1. The number of aromatic nitrogens is 1. The number of esters is 1. The van der Waals surface area contributed by atoms with Crippen LogP contribution in [0.1, 0.15) is 11.3 Å². The molecule has 0 aliphatic heterocycles. The molecule has 0 aliphatic carbocycles. The first kappa shape index (κ1) is 16.3. The lowest BCUT2D eigenvalue weighted by atomic mass is 10.2. The summed E-state index contributed by atoms with van der Waals surface area (Å²) < 4.78 is 21.6. The van der Waals surface area contributed by atoms with Gasteiger partial charge in [0.05, 0.1) is 10.7 Å². The Labute approximate surface area is 146 Å². The zero-order valence-electron chi connectivity index (χ0n) is 12.8. The third-order valence-corrected chi connectivity index (χ3v) is 3.76. The molecule has 0 fully saturated rings. The number of aryl methyl sites for hydroxylation is 1. The molecule has 0 amide bonds. The maximum atomic E-state index is 11.8. The molecule has 3 aromatic rings. The predicted molar refractivity (Wildman–Crippen MR) is 88.4 cm³/mol. The molecule has 0 N–H and O–H groups in total. The maximum absolute atomic E-state index is 11.8. The SMILES string of the molecule is Cc1ccc(OCC(=O)OCc2cc(-c3ccco3)on2)c(Br)c1. The molecule has 0 bridgehead atoms. The Morgan fingerprint density at radius 1 is 1.25 bits per heavy atom. The first-order chi connectivity index (χ1) is 11.6. The van der Waals surface area contributed by atoms with E-state index < -0.39 is 5.97 Å². The van der Waals surface area contributed by atoms with Crippen molar-refractivity contribution in [2.75, 3.05) is 6.61 Å². The third-order valence-electron chi connectivity index (χ3n) is 3.14. The second-order valence-electron chi connectivity index (χ2n) is 5.04. The van der Waals surface area contributed by atoms with Crippen LogP contribution in [-0.4, -0.2) is 17.7 Å². The predicted octanol–water partition coefficient (Wildman–Crippen LogP) is 4.13. The van der Waals surface area contributed by atoms with Crippen molar-refractivity contribution in [1.82, 2.24) is 5.16 Å². The van der Waals surface area contributed by atoms with Gasteiger partial charge in [-0.1, -0.05) is 11.2 Å². The smallest absolute Gasteiger partial charge is 0.344 e. The second-order valence-corrected chi connectivity index (χ2v) is 5.90. The highest BCUT2D eigenvalue weighted by Gasteiger charge is 2.12. The quantitative estimate of drug-likeness (QED) is 0.588. The van der Waals surface area contributed by atoms with E-state index in [4.69, 9.17) is 18.4 Å². The summed E-state index contributed by atoms with van der Waals surface area (Å²) in [5.74, 6) is 1.13. The van der Waals surface area contributed by atoms with Crippen LogP contribution in [0.4, 0.5) is 0 Å². The Morgan fingerprint density at radius 3 is 2.88 bits per heavy atom. The highest BCUT2D eigenvalue weighted by molar-refractivity contribution is 9.10. The fourth-order valence-electron chi connectivity index (χ4n) is 1.97. The average Bonchev–Trinajstić information content (AvgIpc) is 3.23. The molecule has 0 radical (unpaired) electrons. The maximum Gasteiger partial charge on any atom is 0.344 e. The highest BCUT2D eigenvalue weighted by atomic mass is 79.9. The molecular formula is C17H14BrNO5. The molecule has 7 heteroatoms. The first-order valence-electron chi connectivity index (χ1n) is 7.16. The second kappa shape index (κ2) is 7.35.